The van der Waals surface area contributed by atoms with Gasteiger partial charge in [-0.2, -0.15) is 22.6 Å². The van der Waals surface area contributed by atoms with Crippen LogP contribution in [-0.2, 0) is 16.2 Å². The molecular formula is C19H18F3N3O3S. The smallest absolute Gasteiger partial charge is 0.267 e. The normalized spacial score (nSPS) is 15.7. The third kappa shape index (κ3) is 5.01. The Hall–Kier alpha value is -2.72. The number of hydrazone groups is 1. The van der Waals surface area contributed by atoms with E-state index in [-0.39, 0.29) is 10.5 Å². The Balaban J connectivity index is 1.67. The van der Waals surface area contributed by atoms with Gasteiger partial charge in [-0.1, -0.05) is 18.2 Å². The van der Waals surface area contributed by atoms with Gasteiger partial charge in [0.1, 0.15) is 0 Å². The van der Waals surface area contributed by atoms with E-state index in [4.69, 9.17) is 0 Å². The van der Waals surface area contributed by atoms with Gasteiger partial charge in [-0.05, 0) is 48.7 Å². The molecule has 2 aromatic carbocycles. The molecule has 0 unspecified atom stereocenters. The topological polar surface area (TPSA) is 78.8 Å². The highest BCUT2D eigenvalue weighted by molar-refractivity contribution is 7.89. The quantitative estimate of drug-likeness (QED) is 0.590. The largest absolute Gasteiger partial charge is 0.416 e. The van der Waals surface area contributed by atoms with Crippen molar-refractivity contribution in [2.45, 2.75) is 23.9 Å². The highest BCUT2D eigenvalue weighted by Gasteiger charge is 2.30. The van der Waals surface area contributed by atoms with Gasteiger partial charge in [0.15, 0.2) is 0 Å². The molecule has 1 amide bonds. The summed E-state index contributed by atoms with van der Waals surface area (Å²) in [4.78, 5) is 12.3. The second kappa shape index (κ2) is 8.34. The Morgan fingerprint density at radius 2 is 1.72 bits per heavy atom. The lowest BCUT2D eigenvalue weighted by Crippen LogP contribution is -2.28. The SMILES string of the molecule is O=C(N/N=C/c1ccc(C(F)(F)F)cc1)c1cccc(S(=O)(=O)N2CCCC2)c1. The Labute approximate surface area is 166 Å². The standard InChI is InChI=1S/C19H18F3N3O3S/c20-19(21,22)16-8-6-14(7-9-16)13-23-24-18(26)15-4-3-5-17(12-15)29(27,28)25-10-1-2-11-25/h3-9,12-13H,1-2,10-11H2,(H,24,26)/b23-13+. The number of carbonyl (C=O) groups is 1. The number of amides is 1. The van der Waals surface area contributed by atoms with Crippen molar-refractivity contribution in [3.8, 4) is 0 Å². The van der Waals surface area contributed by atoms with Crippen LogP contribution in [0.15, 0.2) is 58.5 Å². The minimum absolute atomic E-state index is 0.0266. The highest BCUT2D eigenvalue weighted by atomic mass is 32.2. The fourth-order valence-electron chi connectivity index (χ4n) is 2.86. The number of hydrogen-bond acceptors (Lipinski definition) is 4. The van der Waals surface area contributed by atoms with Crippen LogP contribution in [0.2, 0.25) is 0 Å². The summed E-state index contributed by atoms with van der Waals surface area (Å²) in [5.41, 5.74) is 1.93. The lowest BCUT2D eigenvalue weighted by molar-refractivity contribution is -0.137. The van der Waals surface area contributed by atoms with Crippen LogP contribution in [0.25, 0.3) is 0 Å². The fourth-order valence-corrected chi connectivity index (χ4v) is 4.43. The van der Waals surface area contributed by atoms with Crippen LogP contribution >= 0.6 is 0 Å². The predicted molar refractivity (Wildman–Crippen MR) is 101 cm³/mol. The van der Waals surface area contributed by atoms with Crippen molar-refractivity contribution in [3.05, 3.63) is 65.2 Å². The van der Waals surface area contributed by atoms with Crippen LogP contribution in [0.1, 0.15) is 34.3 Å². The summed E-state index contributed by atoms with van der Waals surface area (Å²) in [7, 11) is -3.65. The lowest BCUT2D eigenvalue weighted by Gasteiger charge is -2.15. The van der Waals surface area contributed by atoms with Crippen molar-refractivity contribution in [1.29, 1.82) is 0 Å². The molecular weight excluding hydrogens is 407 g/mol. The first kappa shape index (κ1) is 21.0. The molecule has 1 aliphatic heterocycles. The summed E-state index contributed by atoms with van der Waals surface area (Å²) in [5, 5.41) is 3.71. The summed E-state index contributed by atoms with van der Waals surface area (Å²) in [5.74, 6) is -0.633. The third-order valence-electron chi connectivity index (χ3n) is 4.42. The number of nitrogens with one attached hydrogen (secondary N) is 1. The molecule has 0 spiro atoms. The van der Waals surface area contributed by atoms with Crippen molar-refractivity contribution in [1.82, 2.24) is 9.73 Å². The van der Waals surface area contributed by atoms with Gasteiger partial charge in [-0.3, -0.25) is 4.79 Å². The molecule has 10 heteroatoms. The van der Waals surface area contributed by atoms with Gasteiger partial charge in [0.25, 0.3) is 5.91 Å². The summed E-state index contributed by atoms with van der Waals surface area (Å²) < 4.78 is 64.2. The van der Waals surface area contributed by atoms with Gasteiger partial charge in [0.05, 0.1) is 16.7 Å². The minimum atomic E-state index is -4.43. The van der Waals surface area contributed by atoms with Crippen LogP contribution in [0.3, 0.4) is 0 Å². The number of halogens is 3. The second-order valence-corrected chi connectivity index (χ2v) is 8.40. The Morgan fingerprint density at radius 3 is 2.34 bits per heavy atom. The molecule has 0 bridgehead atoms. The summed E-state index contributed by atoms with van der Waals surface area (Å²) >= 11 is 0. The zero-order chi connectivity index (χ0) is 21.1. The first-order valence-corrected chi connectivity index (χ1v) is 10.2. The molecule has 0 radical (unpaired) electrons. The van der Waals surface area contributed by atoms with E-state index < -0.39 is 27.7 Å². The maximum Gasteiger partial charge on any atom is 0.416 e. The van der Waals surface area contributed by atoms with Crippen LogP contribution in [0.5, 0.6) is 0 Å². The number of nitrogens with zero attached hydrogens (tertiary/aromatic N) is 2. The molecule has 6 nitrogen and oxygen atoms in total. The van der Waals surface area contributed by atoms with Gasteiger partial charge < -0.3 is 0 Å². The minimum Gasteiger partial charge on any atom is -0.267 e. The van der Waals surface area contributed by atoms with Gasteiger partial charge in [-0.15, -0.1) is 0 Å². The first-order chi connectivity index (χ1) is 13.7. The number of rotatable bonds is 5. The van der Waals surface area contributed by atoms with Gasteiger partial charge >= 0.3 is 6.18 Å². The summed E-state index contributed by atoms with van der Waals surface area (Å²) in [6.07, 6.45) is -1.62. The highest BCUT2D eigenvalue weighted by Crippen LogP contribution is 2.28. The van der Waals surface area contributed by atoms with E-state index in [1.54, 1.807) is 0 Å². The van der Waals surface area contributed by atoms with Crippen molar-refractivity contribution < 1.29 is 26.4 Å². The molecule has 0 aliphatic carbocycles. The van der Waals surface area contributed by atoms with E-state index >= 15 is 0 Å². The average Bonchev–Trinajstić information content (AvgIpc) is 3.23. The number of alkyl halides is 3. The van der Waals surface area contributed by atoms with E-state index in [2.05, 4.69) is 10.5 Å². The number of hydrogen-bond donors (Lipinski definition) is 1. The summed E-state index contributed by atoms with van der Waals surface area (Å²) in [6.45, 7) is 0.909. The maximum atomic E-state index is 12.6. The van der Waals surface area contributed by atoms with E-state index in [0.717, 1.165) is 25.0 Å². The van der Waals surface area contributed by atoms with Crippen LogP contribution < -0.4 is 5.43 Å². The Bertz CT molecular complexity index is 1010. The molecule has 154 valence electrons. The third-order valence-corrected chi connectivity index (χ3v) is 6.31. The molecule has 1 aliphatic rings. The molecule has 29 heavy (non-hydrogen) atoms. The molecule has 1 fully saturated rings. The summed E-state index contributed by atoms with van der Waals surface area (Å²) in [6, 6.07) is 9.89. The average molecular weight is 425 g/mol. The zero-order valence-electron chi connectivity index (χ0n) is 15.2. The van der Waals surface area contributed by atoms with Gasteiger partial charge in [0.2, 0.25) is 10.0 Å². The molecule has 2 aromatic rings. The first-order valence-electron chi connectivity index (χ1n) is 8.79. The molecule has 1 saturated heterocycles. The van der Waals surface area contributed by atoms with Gasteiger partial charge in [-0.25, -0.2) is 13.8 Å². The molecule has 1 N–H and O–H groups in total. The van der Waals surface area contributed by atoms with Crippen LogP contribution in [0, 0.1) is 0 Å². The number of carbonyl (C=O) groups excluding carboxylic acids is 1. The maximum absolute atomic E-state index is 12.6. The zero-order valence-corrected chi connectivity index (χ0v) is 16.0. The van der Waals surface area contributed by atoms with E-state index in [9.17, 15) is 26.4 Å². The molecule has 3 rings (SSSR count). The van der Waals surface area contributed by atoms with Crippen molar-refractivity contribution in [3.63, 3.8) is 0 Å². The Morgan fingerprint density at radius 1 is 1.07 bits per heavy atom. The number of sulfonamides is 1. The lowest BCUT2D eigenvalue weighted by atomic mass is 10.1. The van der Waals surface area contributed by atoms with E-state index in [0.29, 0.717) is 18.7 Å². The van der Waals surface area contributed by atoms with E-state index in [1.807, 2.05) is 0 Å². The second-order valence-electron chi connectivity index (χ2n) is 6.46. The number of benzene rings is 2. The molecule has 0 atom stereocenters. The van der Waals surface area contributed by atoms with Crippen molar-refractivity contribution >= 4 is 22.1 Å². The Kier molecular flexibility index (Phi) is 6.04. The molecule has 0 saturated carbocycles. The monoisotopic (exact) mass is 425 g/mol. The van der Waals surface area contributed by atoms with Gasteiger partial charge in [0, 0.05) is 18.7 Å². The molecule has 1 heterocycles. The van der Waals surface area contributed by atoms with E-state index in [1.165, 1.54) is 46.9 Å². The van der Waals surface area contributed by atoms with Crippen molar-refractivity contribution in [2.24, 2.45) is 5.10 Å². The fraction of sp³-hybridized carbons (Fsp3) is 0.263. The van der Waals surface area contributed by atoms with Crippen LogP contribution in [-0.4, -0.2) is 37.9 Å². The molecule has 0 aromatic heterocycles. The van der Waals surface area contributed by atoms with Crippen LogP contribution in [0.4, 0.5) is 13.2 Å². The predicted octanol–water partition coefficient (Wildman–Crippen LogP) is 3.25. The van der Waals surface area contributed by atoms with Crippen molar-refractivity contribution in [2.75, 3.05) is 13.1 Å².